The van der Waals surface area contributed by atoms with Gasteiger partial charge >= 0.3 is 0 Å². The number of imidazole rings is 1. The summed E-state index contributed by atoms with van der Waals surface area (Å²) >= 11 is 6.17. The van der Waals surface area contributed by atoms with Gasteiger partial charge in [0, 0.05) is 42.2 Å². The second-order valence-electron chi connectivity index (χ2n) is 5.41. The molecule has 0 saturated heterocycles. The Balaban J connectivity index is 1.91. The van der Waals surface area contributed by atoms with Gasteiger partial charge in [0.15, 0.2) is 0 Å². The van der Waals surface area contributed by atoms with Gasteiger partial charge in [-0.15, -0.1) is 0 Å². The summed E-state index contributed by atoms with van der Waals surface area (Å²) in [6.07, 6.45) is 4.75. The van der Waals surface area contributed by atoms with E-state index in [9.17, 15) is 0 Å². The molecule has 2 N–H and O–H groups in total. The first-order valence-electron chi connectivity index (χ1n) is 6.92. The van der Waals surface area contributed by atoms with Crippen LogP contribution in [0.2, 0.25) is 5.02 Å². The normalized spacial score (nSPS) is 16.1. The molecule has 0 spiro atoms. The SMILES string of the molecule is CC(N)Cc1ccc(Cl)cc1N1CCn2ccnc2C1. The topological polar surface area (TPSA) is 47.1 Å². The largest absolute Gasteiger partial charge is 0.362 e. The van der Waals surface area contributed by atoms with Gasteiger partial charge in [0.05, 0.1) is 6.54 Å². The molecule has 1 atom stereocenters. The molecule has 2 heterocycles. The van der Waals surface area contributed by atoms with E-state index in [2.05, 4.69) is 20.5 Å². The molecule has 1 aliphatic heterocycles. The van der Waals surface area contributed by atoms with Crippen molar-refractivity contribution in [2.75, 3.05) is 11.4 Å². The van der Waals surface area contributed by atoms with Crippen molar-refractivity contribution >= 4 is 17.3 Å². The third-order valence-corrected chi connectivity index (χ3v) is 3.91. The van der Waals surface area contributed by atoms with Crippen LogP contribution in [0.3, 0.4) is 0 Å². The van der Waals surface area contributed by atoms with Crippen molar-refractivity contribution in [2.45, 2.75) is 32.5 Å². The lowest BCUT2D eigenvalue weighted by Crippen LogP contribution is -2.34. The van der Waals surface area contributed by atoms with Crippen LogP contribution < -0.4 is 10.6 Å². The second kappa shape index (κ2) is 5.46. The molecule has 0 bridgehead atoms. The Labute approximate surface area is 124 Å². The second-order valence-corrected chi connectivity index (χ2v) is 5.85. The van der Waals surface area contributed by atoms with Crippen LogP contribution >= 0.6 is 11.6 Å². The summed E-state index contributed by atoms with van der Waals surface area (Å²) in [4.78, 5) is 6.75. The highest BCUT2D eigenvalue weighted by atomic mass is 35.5. The lowest BCUT2D eigenvalue weighted by Gasteiger charge is -2.31. The number of nitrogens with two attached hydrogens (primary N) is 1. The van der Waals surface area contributed by atoms with Crippen LogP contribution in [-0.2, 0) is 19.5 Å². The van der Waals surface area contributed by atoms with Gasteiger partial charge < -0.3 is 15.2 Å². The minimum atomic E-state index is 0.140. The fourth-order valence-corrected chi connectivity index (χ4v) is 2.90. The van der Waals surface area contributed by atoms with E-state index in [0.717, 1.165) is 36.9 Å². The van der Waals surface area contributed by atoms with Gasteiger partial charge in [-0.1, -0.05) is 17.7 Å². The zero-order chi connectivity index (χ0) is 14.1. The molecule has 0 saturated carbocycles. The Bertz CT molecular complexity index is 606. The molecule has 4 nitrogen and oxygen atoms in total. The number of halogens is 1. The summed E-state index contributed by atoms with van der Waals surface area (Å²) in [5.74, 6) is 1.10. The Hall–Kier alpha value is -1.52. The zero-order valence-electron chi connectivity index (χ0n) is 11.6. The van der Waals surface area contributed by atoms with Crippen LogP contribution in [0.5, 0.6) is 0 Å². The number of fused-ring (bicyclic) bond motifs is 1. The minimum Gasteiger partial charge on any atom is -0.362 e. The van der Waals surface area contributed by atoms with Crippen LogP contribution in [0.1, 0.15) is 18.3 Å². The number of aromatic nitrogens is 2. The number of hydrogen-bond acceptors (Lipinski definition) is 3. The molecule has 20 heavy (non-hydrogen) atoms. The van der Waals surface area contributed by atoms with E-state index < -0.39 is 0 Å². The summed E-state index contributed by atoms with van der Waals surface area (Å²) in [5, 5.41) is 0.766. The fraction of sp³-hybridized carbons (Fsp3) is 0.400. The first kappa shape index (κ1) is 13.5. The molecule has 5 heteroatoms. The first-order chi connectivity index (χ1) is 9.63. The predicted octanol–water partition coefficient (Wildman–Crippen LogP) is 2.45. The van der Waals surface area contributed by atoms with Gasteiger partial charge in [-0.3, -0.25) is 0 Å². The average Bonchev–Trinajstić information content (AvgIpc) is 2.87. The standard InChI is InChI=1S/C15H19ClN4/c1-11(17)8-12-2-3-13(16)9-14(12)20-7-6-19-5-4-18-15(19)10-20/h2-5,9,11H,6-8,10,17H2,1H3. The predicted molar refractivity (Wildman–Crippen MR) is 82.1 cm³/mol. The van der Waals surface area contributed by atoms with E-state index in [-0.39, 0.29) is 6.04 Å². The minimum absolute atomic E-state index is 0.140. The van der Waals surface area contributed by atoms with Gasteiger partial charge in [-0.2, -0.15) is 0 Å². The molecule has 1 aromatic heterocycles. The lowest BCUT2D eigenvalue weighted by molar-refractivity contribution is 0.558. The van der Waals surface area contributed by atoms with E-state index in [4.69, 9.17) is 17.3 Å². The fourth-order valence-electron chi connectivity index (χ4n) is 2.73. The van der Waals surface area contributed by atoms with Crippen LogP contribution in [0.4, 0.5) is 5.69 Å². The highest BCUT2D eigenvalue weighted by Gasteiger charge is 2.19. The zero-order valence-corrected chi connectivity index (χ0v) is 12.3. The maximum absolute atomic E-state index is 6.17. The van der Waals surface area contributed by atoms with Gasteiger partial charge in [-0.05, 0) is 31.0 Å². The van der Waals surface area contributed by atoms with Gasteiger partial charge in [0.2, 0.25) is 0 Å². The van der Waals surface area contributed by atoms with Crippen LogP contribution in [0, 0.1) is 0 Å². The van der Waals surface area contributed by atoms with Crippen molar-refractivity contribution in [2.24, 2.45) is 5.73 Å². The van der Waals surface area contributed by atoms with Crippen molar-refractivity contribution in [1.82, 2.24) is 9.55 Å². The summed E-state index contributed by atoms with van der Waals surface area (Å²) in [7, 11) is 0. The quantitative estimate of drug-likeness (QED) is 0.944. The molecular weight excluding hydrogens is 272 g/mol. The summed E-state index contributed by atoms with van der Waals surface area (Å²) in [6, 6.07) is 6.20. The summed E-state index contributed by atoms with van der Waals surface area (Å²) < 4.78 is 2.20. The number of rotatable bonds is 3. The molecule has 2 aromatic rings. The van der Waals surface area contributed by atoms with E-state index in [1.54, 1.807) is 0 Å². The van der Waals surface area contributed by atoms with Gasteiger partial charge in [-0.25, -0.2) is 4.98 Å². The Kier molecular flexibility index (Phi) is 3.68. The average molecular weight is 291 g/mol. The molecule has 0 amide bonds. The van der Waals surface area contributed by atoms with Crippen molar-refractivity contribution in [3.63, 3.8) is 0 Å². The summed E-state index contributed by atoms with van der Waals surface area (Å²) in [6.45, 7) is 4.77. The molecule has 1 aromatic carbocycles. The number of hydrogen-bond donors (Lipinski definition) is 1. The van der Waals surface area contributed by atoms with E-state index >= 15 is 0 Å². The number of benzene rings is 1. The Morgan fingerprint density at radius 1 is 1.40 bits per heavy atom. The lowest BCUT2D eigenvalue weighted by atomic mass is 10.0. The van der Waals surface area contributed by atoms with Crippen molar-refractivity contribution in [1.29, 1.82) is 0 Å². The first-order valence-corrected chi connectivity index (χ1v) is 7.30. The van der Waals surface area contributed by atoms with E-state index in [1.807, 2.05) is 31.5 Å². The number of anilines is 1. The molecule has 3 rings (SSSR count). The summed E-state index contributed by atoms with van der Waals surface area (Å²) in [5.41, 5.74) is 8.39. The monoisotopic (exact) mass is 290 g/mol. The maximum atomic E-state index is 6.17. The molecule has 0 radical (unpaired) electrons. The van der Waals surface area contributed by atoms with Crippen LogP contribution in [0.15, 0.2) is 30.6 Å². The molecular formula is C15H19ClN4. The smallest absolute Gasteiger partial charge is 0.128 e. The molecule has 1 aliphatic rings. The molecule has 0 aliphatic carbocycles. The van der Waals surface area contributed by atoms with Gasteiger partial charge in [0.25, 0.3) is 0 Å². The molecule has 106 valence electrons. The van der Waals surface area contributed by atoms with Gasteiger partial charge in [0.1, 0.15) is 5.82 Å². The third kappa shape index (κ3) is 2.67. The Morgan fingerprint density at radius 3 is 3.05 bits per heavy atom. The Morgan fingerprint density at radius 2 is 2.25 bits per heavy atom. The van der Waals surface area contributed by atoms with Crippen LogP contribution in [-0.4, -0.2) is 22.1 Å². The van der Waals surface area contributed by atoms with Crippen molar-refractivity contribution < 1.29 is 0 Å². The molecule has 0 fully saturated rings. The van der Waals surface area contributed by atoms with Crippen molar-refractivity contribution in [3.8, 4) is 0 Å². The maximum Gasteiger partial charge on any atom is 0.128 e. The van der Waals surface area contributed by atoms with Crippen LogP contribution in [0.25, 0.3) is 0 Å². The number of nitrogens with zero attached hydrogens (tertiary/aromatic N) is 3. The molecule has 1 unspecified atom stereocenters. The third-order valence-electron chi connectivity index (χ3n) is 3.67. The van der Waals surface area contributed by atoms with E-state index in [1.165, 1.54) is 11.3 Å². The highest BCUT2D eigenvalue weighted by Crippen LogP contribution is 2.28. The van der Waals surface area contributed by atoms with E-state index in [0.29, 0.717) is 0 Å². The van der Waals surface area contributed by atoms with Crippen molar-refractivity contribution in [3.05, 3.63) is 47.0 Å². The highest BCUT2D eigenvalue weighted by molar-refractivity contribution is 6.30.